The molecule has 11 rings (SSSR count). The van der Waals surface area contributed by atoms with E-state index in [1.54, 1.807) is 0 Å². The van der Waals surface area contributed by atoms with Gasteiger partial charge in [-0.3, -0.25) is 0 Å². The molecular formula is C60H42N2. The summed E-state index contributed by atoms with van der Waals surface area (Å²) in [6, 6.07) is 92.1. The molecule has 0 N–H and O–H groups in total. The maximum Gasteiger partial charge on any atom is 0.0546 e. The van der Waals surface area contributed by atoms with Crippen molar-refractivity contribution in [3.63, 3.8) is 0 Å². The average Bonchev–Trinajstić information content (AvgIpc) is 3.70. The van der Waals surface area contributed by atoms with Crippen molar-refractivity contribution in [2.45, 2.75) is 0 Å². The van der Waals surface area contributed by atoms with Crippen LogP contribution in [0.5, 0.6) is 0 Å². The highest BCUT2D eigenvalue weighted by molar-refractivity contribution is 6.09. The summed E-state index contributed by atoms with van der Waals surface area (Å²) < 4.78 is 2.42. The topological polar surface area (TPSA) is 8.17 Å². The first-order valence-electron chi connectivity index (χ1n) is 21.3. The lowest BCUT2D eigenvalue weighted by Crippen LogP contribution is -2.11. The van der Waals surface area contributed by atoms with E-state index in [1.807, 2.05) is 0 Å². The molecule has 2 nitrogen and oxygen atoms in total. The summed E-state index contributed by atoms with van der Waals surface area (Å²) in [7, 11) is 0. The van der Waals surface area contributed by atoms with Crippen LogP contribution in [0.1, 0.15) is 0 Å². The Kier molecular flexibility index (Phi) is 9.57. The predicted molar refractivity (Wildman–Crippen MR) is 263 cm³/mol. The molecule has 0 aliphatic carbocycles. The van der Waals surface area contributed by atoms with Gasteiger partial charge in [-0.05, 0) is 93.0 Å². The lowest BCUT2D eigenvalue weighted by Gasteiger charge is -2.29. The Labute approximate surface area is 362 Å². The van der Waals surface area contributed by atoms with Crippen molar-refractivity contribution >= 4 is 38.9 Å². The fourth-order valence-electron chi connectivity index (χ4n) is 8.99. The van der Waals surface area contributed by atoms with Crippen molar-refractivity contribution in [3.05, 3.63) is 255 Å². The van der Waals surface area contributed by atoms with E-state index in [9.17, 15) is 0 Å². The van der Waals surface area contributed by atoms with E-state index in [1.165, 1.54) is 55.2 Å². The summed E-state index contributed by atoms with van der Waals surface area (Å²) in [6.07, 6.45) is 0. The minimum Gasteiger partial charge on any atom is -0.310 e. The maximum absolute atomic E-state index is 2.42. The highest BCUT2D eigenvalue weighted by Gasteiger charge is 2.20. The van der Waals surface area contributed by atoms with Crippen molar-refractivity contribution in [2.24, 2.45) is 0 Å². The number of benzene rings is 10. The third-order valence-corrected chi connectivity index (χ3v) is 12.0. The summed E-state index contributed by atoms with van der Waals surface area (Å²) in [5, 5.41) is 2.51. The minimum absolute atomic E-state index is 1.07. The van der Waals surface area contributed by atoms with Gasteiger partial charge in [0.15, 0.2) is 0 Å². The Balaban J connectivity index is 1.07. The SMILES string of the molecule is c1ccc(-c2ccc(-c3ccc(-c4ccccc4)cc3N(c3ccc(-c4ccccc4)cc3)c3ccc(-c4ccccc4-n4c5ccccc5c5ccccc54)cc3)cc2)cc1. The van der Waals surface area contributed by atoms with Crippen molar-refractivity contribution in [2.75, 3.05) is 4.90 Å². The fourth-order valence-corrected chi connectivity index (χ4v) is 8.99. The molecule has 0 spiro atoms. The molecule has 0 radical (unpaired) electrons. The van der Waals surface area contributed by atoms with E-state index in [2.05, 4.69) is 264 Å². The van der Waals surface area contributed by atoms with Crippen LogP contribution in [0.15, 0.2) is 255 Å². The van der Waals surface area contributed by atoms with Gasteiger partial charge in [-0.25, -0.2) is 0 Å². The second-order valence-corrected chi connectivity index (χ2v) is 15.7. The number of para-hydroxylation sites is 3. The monoisotopic (exact) mass is 790 g/mol. The van der Waals surface area contributed by atoms with Crippen molar-refractivity contribution in [3.8, 4) is 61.3 Å². The molecule has 62 heavy (non-hydrogen) atoms. The van der Waals surface area contributed by atoms with Crippen molar-refractivity contribution in [1.82, 2.24) is 4.57 Å². The highest BCUT2D eigenvalue weighted by atomic mass is 15.1. The summed E-state index contributed by atoms with van der Waals surface area (Å²) in [5.41, 5.74) is 18.6. The molecule has 0 bridgehead atoms. The number of hydrogen-bond donors (Lipinski definition) is 0. The molecule has 1 heterocycles. The lowest BCUT2D eigenvalue weighted by atomic mass is 9.95. The van der Waals surface area contributed by atoms with E-state index < -0.39 is 0 Å². The van der Waals surface area contributed by atoms with Gasteiger partial charge in [0.25, 0.3) is 0 Å². The zero-order valence-electron chi connectivity index (χ0n) is 34.1. The van der Waals surface area contributed by atoms with Gasteiger partial charge in [0.1, 0.15) is 0 Å². The van der Waals surface area contributed by atoms with Crippen molar-refractivity contribution in [1.29, 1.82) is 0 Å². The molecule has 0 saturated heterocycles. The summed E-state index contributed by atoms with van der Waals surface area (Å²) in [6.45, 7) is 0. The Morgan fingerprint density at radius 1 is 0.258 bits per heavy atom. The van der Waals surface area contributed by atoms with Gasteiger partial charge in [-0.1, -0.05) is 206 Å². The van der Waals surface area contributed by atoms with Crippen LogP contribution < -0.4 is 4.90 Å². The molecule has 2 heteroatoms. The van der Waals surface area contributed by atoms with Crippen LogP contribution in [-0.4, -0.2) is 4.57 Å². The predicted octanol–water partition coefficient (Wildman–Crippen LogP) is 16.6. The van der Waals surface area contributed by atoms with Gasteiger partial charge < -0.3 is 9.47 Å². The first-order chi connectivity index (χ1) is 30.8. The Hall–Kier alpha value is -8.20. The Morgan fingerprint density at radius 3 is 1.18 bits per heavy atom. The molecule has 0 atom stereocenters. The second-order valence-electron chi connectivity index (χ2n) is 15.7. The number of aromatic nitrogens is 1. The molecule has 0 amide bonds. The Morgan fingerprint density at radius 2 is 0.629 bits per heavy atom. The maximum atomic E-state index is 2.42. The molecule has 10 aromatic carbocycles. The van der Waals surface area contributed by atoms with E-state index >= 15 is 0 Å². The summed E-state index contributed by atoms with van der Waals surface area (Å²) in [5.74, 6) is 0. The van der Waals surface area contributed by atoms with Crippen LogP contribution in [0.25, 0.3) is 83.1 Å². The number of nitrogens with zero attached hydrogens (tertiary/aromatic N) is 2. The number of rotatable bonds is 9. The molecule has 0 fully saturated rings. The van der Waals surface area contributed by atoms with Crippen molar-refractivity contribution < 1.29 is 0 Å². The fraction of sp³-hybridized carbons (Fsp3) is 0. The molecule has 292 valence electrons. The number of hydrogen-bond acceptors (Lipinski definition) is 1. The minimum atomic E-state index is 1.07. The van der Waals surface area contributed by atoms with E-state index in [0.717, 1.165) is 45.0 Å². The van der Waals surface area contributed by atoms with Gasteiger partial charge >= 0.3 is 0 Å². The molecule has 11 aromatic rings. The van der Waals surface area contributed by atoms with Crippen LogP contribution in [0.3, 0.4) is 0 Å². The summed E-state index contributed by atoms with van der Waals surface area (Å²) in [4.78, 5) is 2.42. The molecule has 0 aliphatic heterocycles. The quantitative estimate of drug-likeness (QED) is 0.141. The summed E-state index contributed by atoms with van der Waals surface area (Å²) >= 11 is 0. The second kappa shape index (κ2) is 16.1. The molecule has 0 saturated carbocycles. The molecule has 1 aromatic heterocycles. The van der Waals surface area contributed by atoms with E-state index in [4.69, 9.17) is 0 Å². The Bertz CT molecular complexity index is 3240. The van der Waals surface area contributed by atoms with Gasteiger partial charge in [0.2, 0.25) is 0 Å². The first kappa shape index (κ1) is 36.8. The number of anilines is 3. The van der Waals surface area contributed by atoms with E-state index in [-0.39, 0.29) is 0 Å². The number of fused-ring (bicyclic) bond motifs is 3. The largest absolute Gasteiger partial charge is 0.310 e. The molecular weight excluding hydrogens is 749 g/mol. The normalized spacial score (nSPS) is 11.2. The standard InChI is InChI=1S/C60H42N2/c1-4-16-43(17-5-1)46-28-30-48(31-29-46)54-41-36-50(45-20-8-3-9-21-45)42-60(54)61(51-37-32-47(33-38-51)44-18-6-2-7-19-44)52-39-34-49(35-40-52)53-22-10-13-25-57(53)62-58-26-14-11-23-55(58)56-24-12-15-27-59(56)62/h1-42H. The first-order valence-corrected chi connectivity index (χ1v) is 21.3. The van der Waals surface area contributed by atoms with Crippen LogP contribution in [0, 0.1) is 0 Å². The highest BCUT2D eigenvalue weighted by Crippen LogP contribution is 2.45. The van der Waals surface area contributed by atoms with Crippen LogP contribution in [-0.2, 0) is 0 Å². The van der Waals surface area contributed by atoms with Gasteiger partial charge in [0.05, 0.1) is 22.4 Å². The lowest BCUT2D eigenvalue weighted by molar-refractivity contribution is 1.18. The van der Waals surface area contributed by atoms with Crippen LogP contribution >= 0.6 is 0 Å². The van der Waals surface area contributed by atoms with Gasteiger partial charge in [0, 0.05) is 33.3 Å². The average molecular weight is 791 g/mol. The smallest absolute Gasteiger partial charge is 0.0546 e. The third-order valence-electron chi connectivity index (χ3n) is 12.0. The van der Waals surface area contributed by atoms with Gasteiger partial charge in [-0.2, -0.15) is 0 Å². The van der Waals surface area contributed by atoms with Crippen LogP contribution in [0.4, 0.5) is 17.1 Å². The van der Waals surface area contributed by atoms with Gasteiger partial charge in [-0.15, -0.1) is 0 Å². The third kappa shape index (κ3) is 6.84. The van der Waals surface area contributed by atoms with Crippen LogP contribution in [0.2, 0.25) is 0 Å². The zero-order chi connectivity index (χ0) is 41.2. The zero-order valence-corrected chi connectivity index (χ0v) is 34.1. The van der Waals surface area contributed by atoms with E-state index in [0.29, 0.717) is 0 Å². The molecule has 0 aliphatic rings. The molecule has 0 unspecified atom stereocenters.